The monoisotopic (exact) mass is 807 g/mol. The second-order valence-electron chi connectivity index (χ2n) is 18.4. The summed E-state index contributed by atoms with van der Waals surface area (Å²) in [6, 6.07) is 0. The molecule has 0 amide bonds. The normalized spacial score (nSPS) is 12.1. The maximum atomic E-state index is 12.7. The van der Waals surface area contributed by atoms with Crippen molar-refractivity contribution < 1.29 is 28.6 Å². The Balaban J connectivity index is 4.31. The van der Waals surface area contributed by atoms with Gasteiger partial charge in [-0.05, 0) is 31.1 Å². The molecule has 0 saturated carbocycles. The van der Waals surface area contributed by atoms with Crippen molar-refractivity contribution in [2.24, 2.45) is 11.8 Å². The fourth-order valence-electron chi connectivity index (χ4n) is 7.64. The SMILES string of the molecule is CCCCCCCCCCCCCCC(=O)OC[C@H](COC(=O)CCCCCCCCCCCCCCC(C)C)OC(=O)CCCCCCCCCCCC(C)C. The minimum absolute atomic E-state index is 0.0641. The van der Waals surface area contributed by atoms with Gasteiger partial charge in [0.2, 0.25) is 0 Å². The third-order valence-electron chi connectivity index (χ3n) is 11.5. The number of carbonyl (C=O) groups is 3. The molecule has 57 heavy (non-hydrogen) atoms. The van der Waals surface area contributed by atoms with Crippen LogP contribution in [0.3, 0.4) is 0 Å². The summed E-state index contributed by atoms with van der Waals surface area (Å²) < 4.78 is 16.8. The van der Waals surface area contributed by atoms with E-state index < -0.39 is 6.10 Å². The molecule has 0 aliphatic heterocycles. The van der Waals surface area contributed by atoms with Gasteiger partial charge in [0, 0.05) is 19.3 Å². The quantitative estimate of drug-likeness (QED) is 0.0346. The second kappa shape index (κ2) is 44.0. The highest BCUT2D eigenvalue weighted by Gasteiger charge is 2.19. The molecule has 0 heterocycles. The highest BCUT2D eigenvalue weighted by Crippen LogP contribution is 2.17. The van der Waals surface area contributed by atoms with Crippen LogP contribution in [0.1, 0.15) is 279 Å². The summed E-state index contributed by atoms with van der Waals surface area (Å²) in [6.45, 7) is 11.3. The minimum atomic E-state index is -0.761. The van der Waals surface area contributed by atoms with Gasteiger partial charge in [-0.15, -0.1) is 0 Å². The van der Waals surface area contributed by atoms with E-state index in [9.17, 15) is 14.4 Å². The van der Waals surface area contributed by atoms with Crippen LogP contribution in [0.4, 0.5) is 0 Å². The summed E-state index contributed by atoms with van der Waals surface area (Å²) in [6.07, 6.45) is 43.7. The summed E-state index contributed by atoms with van der Waals surface area (Å²) in [5, 5.41) is 0. The van der Waals surface area contributed by atoms with Crippen LogP contribution in [0.15, 0.2) is 0 Å². The van der Waals surface area contributed by atoms with Crippen molar-refractivity contribution in [1.29, 1.82) is 0 Å². The van der Waals surface area contributed by atoms with E-state index in [0.29, 0.717) is 19.3 Å². The minimum Gasteiger partial charge on any atom is -0.462 e. The van der Waals surface area contributed by atoms with Crippen LogP contribution in [0, 0.1) is 11.8 Å². The van der Waals surface area contributed by atoms with Gasteiger partial charge in [-0.2, -0.15) is 0 Å². The third-order valence-corrected chi connectivity index (χ3v) is 11.5. The van der Waals surface area contributed by atoms with Gasteiger partial charge in [0.15, 0.2) is 6.10 Å². The molecule has 0 rings (SSSR count). The van der Waals surface area contributed by atoms with Gasteiger partial charge in [0.25, 0.3) is 0 Å². The van der Waals surface area contributed by atoms with Crippen LogP contribution in [0.5, 0.6) is 0 Å². The molecule has 0 aromatic rings. The summed E-state index contributed by atoms with van der Waals surface area (Å²) >= 11 is 0. The second-order valence-corrected chi connectivity index (χ2v) is 18.4. The molecule has 0 radical (unpaired) electrons. The lowest BCUT2D eigenvalue weighted by Crippen LogP contribution is -2.30. The third kappa shape index (κ3) is 45.3. The highest BCUT2D eigenvalue weighted by molar-refractivity contribution is 5.71. The summed E-state index contributed by atoms with van der Waals surface area (Å²) in [4.78, 5) is 37.9. The van der Waals surface area contributed by atoms with Crippen molar-refractivity contribution in [2.45, 2.75) is 285 Å². The van der Waals surface area contributed by atoms with Crippen molar-refractivity contribution >= 4 is 17.9 Å². The molecule has 0 unspecified atom stereocenters. The molecule has 0 saturated heterocycles. The Kier molecular flexibility index (Phi) is 42.7. The maximum absolute atomic E-state index is 12.7. The Labute approximate surface area is 355 Å². The summed E-state index contributed by atoms with van der Waals surface area (Å²) in [5.74, 6) is 0.789. The molecular weight excluding hydrogens is 709 g/mol. The van der Waals surface area contributed by atoms with Crippen LogP contribution < -0.4 is 0 Å². The molecule has 338 valence electrons. The van der Waals surface area contributed by atoms with Crippen LogP contribution in [-0.2, 0) is 28.6 Å². The smallest absolute Gasteiger partial charge is 0.306 e. The van der Waals surface area contributed by atoms with Gasteiger partial charge < -0.3 is 14.2 Å². The average Bonchev–Trinajstić information content (AvgIpc) is 3.18. The Morgan fingerprint density at radius 1 is 0.333 bits per heavy atom. The number of carbonyl (C=O) groups excluding carboxylic acids is 3. The van der Waals surface area contributed by atoms with Crippen LogP contribution in [-0.4, -0.2) is 37.2 Å². The Bertz CT molecular complexity index is 870. The van der Waals surface area contributed by atoms with E-state index in [1.54, 1.807) is 0 Å². The number of rotatable bonds is 45. The van der Waals surface area contributed by atoms with Crippen LogP contribution >= 0.6 is 0 Å². The van der Waals surface area contributed by atoms with Crippen molar-refractivity contribution in [2.75, 3.05) is 13.2 Å². The van der Waals surface area contributed by atoms with E-state index >= 15 is 0 Å². The first-order chi connectivity index (χ1) is 27.7. The van der Waals surface area contributed by atoms with Crippen molar-refractivity contribution in [1.82, 2.24) is 0 Å². The van der Waals surface area contributed by atoms with E-state index in [1.165, 1.54) is 167 Å². The Morgan fingerprint density at radius 2 is 0.579 bits per heavy atom. The van der Waals surface area contributed by atoms with Gasteiger partial charge in [0.05, 0.1) is 0 Å². The Hall–Kier alpha value is -1.59. The first kappa shape index (κ1) is 55.4. The van der Waals surface area contributed by atoms with Gasteiger partial charge >= 0.3 is 17.9 Å². The highest BCUT2D eigenvalue weighted by atomic mass is 16.6. The molecule has 0 aromatic heterocycles. The number of unbranched alkanes of at least 4 members (excludes halogenated alkanes) is 30. The molecule has 1 atom stereocenters. The maximum Gasteiger partial charge on any atom is 0.306 e. The molecular formula is C51H98O6. The van der Waals surface area contributed by atoms with E-state index in [1.807, 2.05) is 0 Å². The van der Waals surface area contributed by atoms with E-state index in [4.69, 9.17) is 14.2 Å². The molecule has 0 fully saturated rings. The van der Waals surface area contributed by atoms with Gasteiger partial charge in [-0.1, -0.05) is 240 Å². The first-order valence-electron chi connectivity index (χ1n) is 25.2. The molecule has 0 bridgehead atoms. The van der Waals surface area contributed by atoms with Crippen LogP contribution in [0.25, 0.3) is 0 Å². The lowest BCUT2D eigenvalue weighted by atomic mass is 10.0. The molecule has 6 nitrogen and oxygen atoms in total. The zero-order valence-electron chi connectivity index (χ0n) is 39.0. The van der Waals surface area contributed by atoms with Crippen molar-refractivity contribution in [3.05, 3.63) is 0 Å². The zero-order chi connectivity index (χ0) is 41.9. The molecule has 0 aliphatic carbocycles. The van der Waals surface area contributed by atoms with E-state index in [-0.39, 0.29) is 31.1 Å². The predicted octanol–water partition coefficient (Wildman–Crippen LogP) is 16.1. The average molecular weight is 807 g/mol. The first-order valence-corrected chi connectivity index (χ1v) is 25.2. The van der Waals surface area contributed by atoms with Gasteiger partial charge in [-0.3, -0.25) is 14.4 Å². The van der Waals surface area contributed by atoms with E-state index in [2.05, 4.69) is 34.6 Å². The lowest BCUT2D eigenvalue weighted by Gasteiger charge is -2.18. The number of hydrogen-bond acceptors (Lipinski definition) is 6. The largest absolute Gasteiger partial charge is 0.462 e. The molecule has 6 heteroatoms. The van der Waals surface area contributed by atoms with Crippen LogP contribution in [0.2, 0.25) is 0 Å². The van der Waals surface area contributed by atoms with Gasteiger partial charge in [0.1, 0.15) is 13.2 Å². The van der Waals surface area contributed by atoms with Crippen molar-refractivity contribution in [3.63, 3.8) is 0 Å². The summed E-state index contributed by atoms with van der Waals surface area (Å²) in [7, 11) is 0. The fourth-order valence-corrected chi connectivity index (χ4v) is 7.64. The number of hydrogen-bond donors (Lipinski definition) is 0. The zero-order valence-corrected chi connectivity index (χ0v) is 39.0. The molecule has 0 N–H and O–H groups in total. The topological polar surface area (TPSA) is 78.9 Å². The molecule has 0 aromatic carbocycles. The number of esters is 3. The van der Waals surface area contributed by atoms with Gasteiger partial charge in [-0.25, -0.2) is 0 Å². The van der Waals surface area contributed by atoms with Crippen molar-refractivity contribution in [3.8, 4) is 0 Å². The molecule has 0 aliphatic rings. The fraction of sp³-hybridized carbons (Fsp3) is 0.941. The standard InChI is InChI=1S/C51H98O6/c1-6-7-8-9-10-11-12-16-21-26-31-36-41-49(52)55-44-48(57-51(54)43-38-33-28-23-18-20-25-30-35-40-47(4)5)45-56-50(53)42-37-32-27-22-17-14-13-15-19-24-29-34-39-46(2)3/h46-48H,6-45H2,1-5H3/t48-/m1/s1. The lowest BCUT2D eigenvalue weighted by molar-refractivity contribution is -0.167. The predicted molar refractivity (Wildman–Crippen MR) is 243 cm³/mol. The number of ether oxygens (including phenoxy) is 3. The molecule has 0 spiro atoms. The van der Waals surface area contributed by atoms with E-state index in [0.717, 1.165) is 69.6 Å². The Morgan fingerprint density at radius 3 is 0.860 bits per heavy atom. The summed E-state index contributed by atoms with van der Waals surface area (Å²) in [5.41, 5.74) is 0.